The Morgan fingerprint density at radius 3 is 1.52 bits per heavy atom. The van der Waals surface area contributed by atoms with Crippen molar-refractivity contribution in [3.05, 3.63) is 0 Å². The summed E-state index contributed by atoms with van der Waals surface area (Å²) in [6.07, 6.45) is -1.25. The molecule has 0 saturated carbocycles. The van der Waals surface area contributed by atoms with Crippen LogP contribution in [0.25, 0.3) is 0 Å². The van der Waals surface area contributed by atoms with Crippen LogP contribution in [0.5, 0.6) is 0 Å². The van der Waals surface area contributed by atoms with Gasteiger partial charge < -0.3 is 36.8 Å². The van der Waals surface area contributed by atoms with Gasteiger partial charge in [0.05, 0.1) is 32.8 Å². The third-order valence-electron chi connectivity index (χ3n) is 2.81. The molecule has 1 atom stereocenters. The van der Waals surface area contributed by atoms with Gasteiger partial charge in [0.2, 0.25) is 0 Å². The molecule has 0 radical (unpaired) electrons. The summed E-state index contributed by atoms with van der Waals surface area (Å²) in [6, 6.07) is 0. The number of nitrogens with zero attached hydrogens (tertiary/aromatic N) is 2. The number of carboxylic acid groups (broad SMARTS) is 3. The minimum absolute atomic E-state index is 0. The average Bonchev–Trinajstić information content (AvgIpc) is 2.56. The van der Waals surface area contributed by atoms with Crippen LogP contribution in [-0.2, 0) is 23.9 Å². The summed E-state index contributed by atoms with van der Waals surface area (Å²) >= 11 is 0. The fraction of sp³-hybridized carbons (Fsp3) is 0.733. The molecule has 14 heteroatoms. The molecule has 0 aliphatic heterocycles. The van der Waals surface area contributed by atoms with Gasteiger partial charge in [-0.2, -0.15) is 0 Å². The van der Waals surface area contributed by atoms with E-state index in [1.54, 1.807) is 6.92 Å². The van der Waals surface area contributed by atoms with Crippen LogP contribution in [0, 0.1) is 0 Å². The Bertz CT molecular complexity index is 483. The number of hydrogen-bond donors (Lipinski definition) is 6. The number of aliphatic hydroxyl groups is 3. The molecule has 6 N–H and O–H groups in total. The van der Waals surface area contributed by atoms with E-state index in [0.29, 0.717) is 0 Å². The zero-order valence-electron chi connectivity index (χ0n) is 17.6. The topological polar surface area (TPSA) is 205 Å². The quantitative estimate of drug-likeness (QED) is 0.111. The predicted molar refractivity (Wildman–Crippen MR) is 93.7 cm³/mol. The van der Waals surface area contributed by atoms with E-state index in [2.05, 4.69) is 4.74 Å². The van der Waals surface area contributed by atoms with Gasteiger partial charge in [0.15, 0.2) is 0 Å². The van der Waals surface area contributed by atoms with E-state index in [0.717, 1.165) is 9.80 Å². The first kappa shape index (κ1) is 32.3. The van der Waals surface area contributed by atoms with Gasteiger partial charge in [0.25, 0.3) is 0 Å². The summed E-state index contributed by atoms with van der Waals surface area (Å²) in [7, 11) is 0. The SMILES string of the molecule is CCO.O=C(O)CN(CCN(CC(=O)O)CC(=O)OCC(O)CO)CC(=O)O.[H-].[Na+]. The van der Waals surface area contributed by atoms with E-state index in [1.165, 1.54) is 0 Å². The van der Waals surface area contributed by atoms with Crippen molar-refractivity contribution in [3.8, 4) is 0 Å². The third-order valence-corrected chi connectivity index (χ3v) is 2.81. The van der Waals surface area contributed by atoms with Crippen molar-refractivity contribution >= 4 is 23.9 Å². The van der Waals surface area contributed by atoms with Crippen molar-refractivity contribution in [2.24, 2.45) is 0 Å². The molecule has 13 nitrogen and oxygen atoms in total. The van der Waals surface area contributed by atoms with Crippen molar-refractivity contribution in [1.82, 2.24) is 9.80 Å². The summed E-state index contributed by atoms with van der Waals surface area (Å²) < 4.78 is 4.66. The predicted octanol–water partition coefficient (Wildman–Crippen LogP) is -6.14. The number of hydrogen-bond acceptors (Lipinski definition) is 10. The first-order chi connectivity index (χ1) is 13.0. The first-order valence-electron chi connectivity index (χ1n) is 8.21. The van der Waals surface area contributed by atoms with Gasteiger partial charge in [-0.15, -0.1) is 0 Å². The Kier molecular flexibility index (Phi) is 22.3. The van der Waals surface area contributed by atoms with Gasteiger partial charge in [-0.1, -0.05) is 0 Å². The summed E-state index contributed by atoms with van der Waals surface area (Å²) in [4.78, 5) is 46.1. The van der Waals surface area contributed by atoms with E-state index >= 15 is 0 Å². The Morgan fingerprint density at radius 2 is 1.21 bits per heavy atom. The fourth-order valence-electron chi connectivity index (χ4n) is 1.75. The number of aliphatic hydroxyl groups excluding tert-OH is 3. The van der Waals surface area contributed by atoms with Crippen LogP contribution in [0.2, 0.25) is 0 Å². The van der Waals surface area contributed by atoms with Crippen molar-refractivity contribution in [3.63, 3.8) is 0 Å². The van der Waals surface area contributed by atoms with Gasteiger partial charge in [-0.05, 0) is 6.92 Å². The molecule has 0 spiro atoms. The van der Waals surface area contributed by atoms with Crippen LogP contribution in [0.4, 0.5) is 0 Å². The van der Waals surface area contributed by atoms with Crippen molar-refractivity contribution in [2.45, 2.75) is 13.0 Å². The van der Waals surface area contributed by atoms with Gasteiger partial charge >= 0.3 is 53.4 Å². The molecule has 1 unspecified atom stereocenters. The van der Waals surface area contributed by atoms with Gasteiger partial charge in [-0.25, -0.2) is 0 Å². The zero-order valence-corrected chi connectivity index (χ0v) is 18.6. The fourth-order valence-corrected chi connectivity index (χ4v) is 1.75. The van der Waals surface area contributed by atoms with Crippen LogP contribution in [0.15, 0.2) is 0 Å². The van der Waals surface area contributed by atoms with E-state index in [9.17, 15) is 19.2 Å². The average molecular weight is 436 g/mol. The maximum absolute atomic E-state index is 11.6. The Balaban J connectivity index is -0.000000634. The second kappa shape index (κ2) is 20.0. The monoisotopic (exact) mass is 436 g/mol. The molecule has 0 amide bonds. The molecule has 0 aromatic rings. The molecule has 166 valence electrons. The van der Waals surface area contributed by atoms with Crippen LogP contribution in [0.3, 0.4) is 0 Å². The second-order valence-corrected chi connectivity index (χ2v) is 5.44. The molecule has 0 fully saturated rings. The van der Waals surface area contributed by atoms with E-state index in [4.69, 9.17) is 30.6 Å². The molecule has 0 bridgehead atoms. The van der Waals surface area contributed by atoms with Gasteiger partial charge in [-0.3, -0.25) is 29.0 Å². The Hall–Kier alpha value is -1.32. The van der Waals surface area contributed by atoms with Crippen molar-refractivity contribution in [2.75, 3.05) is 59.1 Å². The standard InChI is InChI=1S/C13H22N2O10.C2H6O.Na.H/c16-7-9(17)8-25-13(24)6-15(5-12(22)23)2-1-14(3-10(18)19)4-11(20)21;1-2-3;;/h9,16-17H,1-8H2,(H,18,19)(H,20,21)(H,22,23);3H,2H2,1H3;;/q;;+1;-1. The van der Waals surface area contributed by atoms with Crippen molar-refractivity contribution in [1.29, 1.82) is 0 Å². The normalized spacial score (nSPS) is 11.1. The number of ether oxygens (including phenoxy) is 1. The molecule has 0 heterocycles. The maximum atomic E-state index is 11.6. The largest absolute Gasteiger partial charge is 1.00 e. The molecular weight excluding hydrogens is 407 g/mol. The third kappa shape index (κ3) is 22.8. The van der Waals surface area contributed by atoms with E-state index in [-0.39, 0.29) is 50.7 Å². The van der Waals surface area contributed by atoms with Crippen LogP contribution < -0.4 is 29.6 Å². The molecule has 0 saturated heterocycles. The van der Waals surface area contributed by atoms with Gasteiger partial charge in [0, 0.05) is 19.7 Å². The molecule has 0 aromatic carbocycles. The number of rotatable bonds is 14. The first-order valence-corrected chi connectivity index (χ1v) is 8.21. The molecule has 0 aliphatic carbocycles. The Labute approximate surface area is 191 Å². The number of aliphatic carboxylic acids is 3. The number of carboxylic acids is 3. The minimum Gasteiger partial charge on any atom is -1.00 e. The summed E-state index contributed by atoms with van der Waals surface area (Å²) in [5, 5.41) is 51.6. The number of esters is 1. The van der Waals surface area contributed by atoms with Crippen molar-refractivity contribution < 1.29 is 85.5 Å². The maximum Gasteiger partial charge on any atom is 1.00 e. The minimum atomic E-state index is -1.25. The second-order valence-electron chi connectivity index (χ2n) is 5.44. The molecule has 0 aromatic heterocycles. The Morgan fingerprint density at radius 1 is 0.862 bits per heavy atom. The smallest absolute Gasteiger partial charge is 1.00 e. The molecule has 0 rings (SSSR count). The summed E-state index contributed by atoms with van der Waals surface area (Å²) in [6.45, 7) is -1.44. The van der Waals surface area contributed by atoms with E-state index < -0.39 is 69.4 Å². The van der Waals surface area contributed by atoms with Gasteiger partial charge in [0.1, 0.15) is 12.7 Å². The number of carbonyl (C=O) groups excluding carboxylic acids is 1. The zero-order chi connectivity index (χ0) is 22.1. The van der Waals surface area contributed by atoms with Crippen LogP contribution in [-0.4, -0.2) is 130 Å². The summed E-state index contributed by atoms with van der Waals surface area (Å²) in [5.74, 6) is -4.59. The van der Waals surface area contributed by atoms with E-state index in [1.807, 2.05) is 0 Å². The molecule has 29 heavy (non-hydrogen) atoms. The molecule has 0 aliphatic rings. The van der Waals surface area contributed by atoms with Crippen LogP contribution >= 0.6 is 0 Å². The van der Waals surface area contributed by atoms with Crippen LogP contribution in [0.1, 0.15) is 8.35 Å². The number of carbonyl (C=O) groups is 4. The molecular formula is C15H29N2NaO11. The summed E-state index contributed by atoms with van der Waals surface area (Å²) in [5.41, 5.74) is 0.